The molecule has 5 aromatic carbocycles. The molecule has 0 atom stereocenters. The van der Waals surface area contributed by atoms with Gasteiger partial charge in [-0.15, -0.1) is 44.1 Å². The third-order valence-electron chi connectivity index (χ3n) is 16.4. The van der Waals surface area contributed by atoms with Gasteiger partial charge in [0, 0.05) is 0 Å². The van der Waals surface area contributed by atoms with Crippen molar-refractivity contribution in [2.24, 2.45) is 0 Å². The van der Waals surface area contributed by atoms with Crippen LogP contribution in [0.25, 0.3) is 160 Å². The minimum Gasteiger partial charge on any atom is -0.657 e. The van der Waals surface area contributed by atoms with E-state index in [-0.39, 0.29) is 39.0 Å². The van der Waals surface area contributed by atoms with Gasteiger partial charge in [-0.1, -0.05) is 208 Å². The first-order valence-electron chi connectivity index (χ1n) is 29.5. The summed E-state index contributed by atoms with van der Waals surface area (Å²) in [6.07, 6.45) is 22.2. The summed E-state index contributed by atoms with van der Waals surface area (Å²) in [7, 11) is 1.69. The smallest absolute Gasteiger partial charge is 0.657 e. The van der Waals surface area contributed by atoms with E-state index in [4.69, 9.17) is 44.6 Å². The standard InChI is InChI=1S/C77H56N8O.2Zn/c1-3-4-5-18-27-56-58-34-30-53(78-58)46-54-31-35-60(79-54)73(52-28-32-55(86-2)33-29-52)65-43-45-69(84-65)76(68-37-36-59(56)80-68)57-47-70-74(50-23-14-8-15-24-50)66-41-40-63(82-66)71(48-19-10-6-11-20-48)61-38-39-62(81-61)72(49-21-12-7-13-22-49)64-42-44-67(83-64)75(77(57)85-70)51-25-16-9-17-26-51;;/h6-17,19-26,28-47H,3-5,18,27H2,1-2H3;;/q-4;2*+2. The van der Waals surface area contributed by atoms with Crippen LogP contribution in [0.5, 0.6) is 5.75 Å². The second-order valence-corrected chi connectivity index (χ2v) is 21.9. The maximum Gasteiger partial charge on any atom is 2.00 e. The monoisotopic (exact) mass is 1240 g/mol. The van der Waals surface area contributed by atoms with Gasteiger partial charge in [-0.2, -0.15) is 0 Å². The molecule has 0 saturated carbocycles. The van der Waals surface area contributed by atoms with Crippen LogP contribution in [0.2, 0.25) is 0 Å². The van der Waals surface area contributed by atoms with Gasteiger partial charge in [0.15, 0.2) is 0 Å². The molecule has 0 aliphatic carbocycles. The van der Waals surface area contributed by atoms with Crippen LogP contribution in [0.15, 0.2) is 194 Å². The molecule has 11 aromatic rings. The summed E-state index contributed by atoms with van der Waals surface area (Å²) in [5, 5.41) is 0. The van der Waals surface area contributed by atoms with Gasteiger partial charge in [-0.05, 0) is 146 Å². The van der Waals surface area contributed by atoms with Gasteiger partial charge in [0.2, 0.25) is 0 Å². The maximum absolute atomic E-state index is 5.96. The van der Waals surface area contributed by atoms with E-state index in [9.17, 15) is 0 Å². The molecule has 0 radical (unpaired) electrons. The molecule has 0 N–H and O–H groups in total. The van der Waals surface area contributed by atoms with E-state index in [1.807, 2.05) is 30.3 Å². The molecule has 4 aliphatic heterocycles. The van der Waals surface area contributed by atoms with Crippen molar-refractivity contribution < 1.29 is 43.7 Å². The van der Waals surface area contributed by atoms with E-state index >= 15 is 0 Å². The van der Waals surface area contributed by atoms with Gasteiger partial charge in [0.05, 0.1) is 52.7 Å². The minimum absolute atomic E-state index is 0. The number of benzene rings is 5. The van der Waals surface area contributed by atoms with Crippen LogP contribution >= 0.6 is 0 Å². The molecular weight excluding hydrogens is 1180 g/mol. The molecule has 16 bridgehead atoms. The number of hydrogen-bond donors (Lipinski definition) is 0. The van der Waals surface area contributed by atoms with Crippen LogP contribution in [-0.4, -0.2) is 27.0 Å². The number of rotatable bonds is 12. The summed E-state index contributed by atoms with van der Waals surface area (Å²) < 4.78 is 5.66. The molecule has 0 spiro atoms. The summed E-state index contributed by atoms with van der Waals surface area (Å²) >= 11 is 0. The second-order valence-electron chi connectivity index (χ2n) is 21.9. The van der Waals surface area contributed by atoms with E-state index in [1.54, 1.807) is 7.11 Å². The van der Waals surface area contributed by atoms with Crippen LogP contribution in [0.1, 0.15) is 83.7 Å². The number of unbranched alkanes of at least 4 members (excludes halogenated alkanes) is 3. The third-order valence-corrected chi connectivity index (χ3v) is 16.4. The Balaban J connectivity index is 0.00000357. The molecule has 6 aromatic heterocycles. The van der Waals surface area contributed by atoms with Gasteiger partial charge in [-0.3, -0.25) is 0 Å². The Labute approximate surface area is 536 Å². The first-order valence-corrected chi connectivity index (χ1v) is 29.5. The van der Waals surface area contributed by atoms with E-state index in [0.29, 0.717) is 0 Å². The van der Waals surface area contributed by atoms with Gasteiger partial charge >= 0.3 is 39.0 Å². The molecule has 0 fully saturated rings. The Hall–Kier alpha value is -9.65. The Bertz CT molecular complexity index is 4940. The van der Waals surface area contributed by atoms with Crippen molar-refractivity contribution in [1.29, 1.82) is 0 Å². The predicted octanol–water partition coefficient (Wildman–Crippen LogP) is 18.3. The number of hydrogen-bond acceptors (Lipinski definition) is 5. The first-order chi connectivity index (χ1) is 42.5. The second kappa shape index (κ2) is 25.0. The van der Waals surface area contributed by atoms with Crippen molar-refractivity contribution in [2.45, 2.75) is 39.0 Å². The minimum atomic E-state index is 0. The maximum atomic E-state index is 5.96. The Morgan fingerprint density at radius 3 is 1.28 bits per heavy atom. The topological polar surface area (TPSA) is 117 Å². The fourth-order valence-electron chi connectivity index (χ4n) is 12.3. The average molecular weight is 1240 g/mol. The van der Waals surface area contributed by atoms with Gasteiger partial charge in [0.1, 0.15) is 5.75 Å². The summed E-state index contributed by atoms with van der Waals surface area (Å²) in [6.45, 7) is 2.25. The Kier molecular flexibility index (Phi) is 16.3. The molecule has 0 amide bonds. The van der Waals surface area contributed by atoms with Crippen molar-refractivity contribution in [3.63, 3.8) is 0 Å². The summed E-state index contributed by atoms with van der Waals surface area (Å²) in [6, 6.07) is 67.0. The van der Waals surface area contributed by atoms with Crippen molar-refractivity contribution in [2.75, 3.05) is 7.11 Å². The first kappa shape index (κ1) is 57.4. The van der Waals surface area contributed by atoms with Crippen molar-refractivity contribution in [3.05, 3.63) is 245 Å². The molecule has 11 heteroatoms. The van der Waals surface area contributed by atoms with E-state index < -0.39 is 0 Å². The van der Waals surface area contributed by atoms with E-state index in [1.165, 1.54) is 0 Å². The van der Waals surface area contributed by atoms with Crippen LogP contribution in [0, 0.1) is 0 Å². The molecule has 9 nitrogen and oxygen atoms in total. The van der Waals surface area contributed by atoms with Gasteiger partial charge in [-0.25, -0.2) is 19.9 Å². The molecule has 10 heterocycles. The van der Waals surface area contributed by atoms with E-state index in [0.717, 1.165) is 200 Å². The molecule has 88 heavy (non-hydrogen) atoms. The zero-order chi connectivity index (χ0) is 57.5. The number of fused-ring (bicyclic) bond motifs is 16. The number of aromatic nitrogens is 8. The van der Waals surface area contributed by atoms with Crippen molar-refractivity contribution in [3.8, 4) is 72.5 Å². The molecule has 0 saturated heterocycles. The number of methoxy groups -OCH3 is 1. The SMILES string of the molecule is CCCCCCc1c2nc(c(-c3cc4[n-]c3c(-c3ccccc3)c3nc(c(-c5ccccc5)c5ccc([n-]5)c(-c5ccccc5)c5nc(c4-c4ccccc4)C=C5)C=C3)c3ccc([n-]3)c(-c3ccc(OC)cc3)c3nc(cc4ccc1[n-]4)C=C3)C=C2.[Zn+2].[Zn+2]. The fraction of sp³-hybridized carbons (Fsp3) is 0.0909. The quantitative estimate of drug-likeness (QED) is 0.0870. The van der Waals surface area contributed by atoms with Gasteiger partial charge in [0.25, 0.3) is 0 Å². The third kappa shape index (κ3) is 10.9. The van der Waals surface area contributed by atoms with Crippen LogP contribution < -0.4 is 24.7 Å². The summed E-state index contributed by atoms with van der Waals surface area (Å²) in [5.41, 5.74) is 24.7. The Morgan fingerprint density at radius 1 is 0.341 bits per heavy atom. The van der Waals surface area contributed by atoms with Crippen molar-refractivity contribution in [1.82, 2.24) is 39.9 Å². The zero-order valence-corrected chi connectivity index (χ0v) is 55.0. The molecule has 4 aliphatic rings. The largest absolute Gasteiger partial charge is 2.00 e. The molecular formula is C77H56N8OZn2. The van der Waals surface area contributed by atoms with Crippen LogP contribution in [0.4, 0.5) is 0 Å². The molecule has 0 unspecified atom stereocenters. The Morgan fingerprint density at radius 2 is 0.761 bits per heavy atom. The predicted molar refractivity (Wildman–Crippen MR) is 354 cm³/mol. The zero-order valence-electron chi connectivity index (χ0n) is 49.0. The van der Waals surface area contributed by atoms with Crippen molar-refractivity contribution >= 4 is 92.7 Å². The number of nitrogens with zero attached hydrogens (tertiary/aromatic N) is 8. The molecule has 414 valence electrons. The summed E-state index contributed by atoms with van der Waals surface area (Å²) in [5.74, 6) is 0.758. The fourth-order valence-corrected chi connectivity index (χ4v) is 12.3. The van der Waals surface area contributed by atoms with Crippen LogP contribution in [-0.2, 0) is 45.4 Å². The van der Waals surface area contributed by atoms with Gasteiger partial charge < -0.3 is 24.7 Å². The molecule has 15 rings (SSSR count). The summed E-state index contributed by atoms with van der Waals surface area (Å²) in [4.78, 5) is 44.8. The van der Waals surface area contributed by atoms with Crippen LogP contribution in [0.3, 0.4) is 0 Å². The number of ether oxygens (including phenoxy) is 1. The number of aryl methyl sites for hydroxylation is 1. The normalized spacial score (nSPS) is 12.1. The average Bonchev–Trinajstić information content (AvgIpc) is 4.58. The van der Waals surface area contributed by atoms with E-state index in [2.05, 4.69) is 219 Å².